The Bertz CT molecular complexity index is 550. The molecular weight excluding hydrogens is 294 g/mol. The first-order valence-electron chi connectivity index (χ1n) is 8.56. The van der Waals surface area contributed by atoms with Gasteiger partial charge in [-0.25, -0.2) is 0 Å². The summed E-state index contributed by atoms with van der Waals surface area (Å²) in [5, 5.41) is 10.7. The van der Waals surface area contributed by atoms with Crippen LogP contribution in [0, 0.1) is 12.3 Å². The number of nitrogens with zero attached hydrogens (tertiary/aromatic N) is 3. The van der Waals surface area contributed by atoms with Crippen LogP contribution in [0.2, 0.25) is 0 Å². The highest BCUT2D eigenvalue weighted by Gasteiger charge is 2.56. The Morgan fingerprint density at radius 1 is 1.43 bits per heavy atom. The first-order chi connectivity index (χ1) is 11.2. The molecule has 7 heteroatoms. The second-order valence-electron chi connectivity index (χ2n) is 6.47. The van der Waals surface area contributed by atoms with Crippen LogP contribution in [0.25, 0.3) is 0 Å². The smallest absolute Gasteiger partial charge is 0.223 e. The van der Waals surface area contributed by atoms with E-state index in [1.807, 2.05) is 0 Å². The van der Waals surface area contributed by atoms with E-state index in [0.29, 0.717) is 30.4 Å². The van der Waals surface area contributed by atoms with E-state index in [9.17, 15) is 0 Å². The third kappa shape index (κ3) is 3.20. The average Bonchev–Trinajstić information content (AvgIpc) is 3.20. The molecule has 1 aromatic rings. The van der Waals surface area contributed by atoms with Crippen molar-refractivity contribution >= 4 is 5.96 Å². The summed E-state index contributed by atoms with van der Waals surface area (Å²) in [6.07, 6.45) is 6.54. The fourth-order valence-corrected chi connectivity index (χ4v) is 4.02. The maximum absolute atomic E-state index is 5.96. The molecule has 2 atom stereocenters. The van der Waals surface area contributed by atoms with Crippen molar-refractivity contribution in [3.63, 3.8) is 0 Å². The Balaban J connectivity index is 1.56. The Kier molecular flexibility index (Phi) is 4.84. The van der Waals surface area contributed by atoms with Gasteiger partial charge in [-0.2, -0.15) is 4.98 Å². The van der Waals surface area contributed by atoms with Crippen molar-refractivity contribution in [2.24, 2.45) is 10.4 Å². The first kappa shape index (κ1) is 16.2. The number of nitrogens with one attached hydrogen (secondary N) is 2. The van der Waals surface area contributed by atoms with Gasteiger partial charge >= 0.3 is 0 Å². The number of aryl methyl sites for hydroxylation is 1. The van der Waals surface area contributed by atoms with Crippen LogP contribution in [-0.2, 0) is 11.3 Å². The summed E-state index contributed by atoms with van der Waals surface area (Å²) in [5.41, 5.74) is 0.288. The monoisotopic (exact) mass is 321 g/mol. The molecule has 23 heavy (non-hydrogen) atoms. The van der Waals surface area contributed by atoms with Crippen molar-refractivity contribution in [1.82, 2.24) is 20.8 Å². The highest BCUT2D eigenvalue weighted by atomic mass is 16.5. The zero-order valence-corrected chi connectivity index (χ0v) is 14.3. The zero-order valence-electron chi connectivity index (χ0n) is 14.3. The third-order valence-corrected chi connectivity index (χ3v) is 5.21. The van der Waals surface area contributed by atoms with Crippen LogP contribution in [0.4, 0.5) is 0 Å². The molecule has 3 rings (SSSR count). The number of aromatic nitrogens is 2. The van der Waals surface area contributed by atoms with Crippen molar-refractivity contribution < 1.29 is 9.26 Å². The summed E-state index contributed by atoms with van der Waals surface area (Å²) in [6, 6.07) is 0.430. The molecule has 7 nitrogen and oxygen atoms in total. The second kappa shape index (κ2) is 6.86. The van der Waals surface area contributed by atoms with E-state index >= 15 is 0 Å². The van der Waals surface area contributed by atoms with Gasteiger partial charge in [-0.05, 0) is 26.2 Å². The number of aliphatic imine (C=N–C) groups is 1. The van der Waals surface area contributed by atoms with Crippen molar-refractivity contribution in [1.29, 1.82) is 0 Å². The molecular formula is C16H27N5O2. The van der Waals surface area contributed by atoms with Crippen LogP contribution in [-0.4, -0.2) is 41.9 Å². The lowest BCUT2D eigenvalue weighted by Crippen LogP contribution is -2.65. The number of hydrogen-bond donors (Lipinski definition) is 2. The number of rotatable bonds is 5. The predicted octanol–water partition coefficient (Wildman–Crippen LogP) is 1.78. The summed E-state index contributed by atoms with van der Waals surface area (Å²) in [5.74, 6) is 2.01. The number of guanidine groups is 1. The van der Waals surface area contributed by atoms with Crippen LogP contribution in [0.15, 0.2) is 9.52 Å². The Hall–Kier alpha value is -1.63. The molecule has 0 aliphatic heterocycles. The molecule has 0 bridgehead atoms. The average molecular weight is 321 g/mol. The molecule has 0 amide bonds. The van der Waals surface area contributed by atoms with Crippen molar-refractivity contribution in [2.45, 2.75) is 64.6 Å². The summed E-state index contributed by atoms with van der Waals surface area (Å²) in [4.78, 5) is 8.52. The molecule has 2 fully saturated rings. The number of ether oxygens (including phenoxy) is 1. The lowest BCUT2D eigenvalue weighted by Gasteiger charge is -2.54. The van der Waals surface area contributed by atoms with Gasteiger partial charge in [-0.15, -0.1) is 0 Å². The van der Waals surface area contributed by atoms with Crippen molar-refractivity contribution in [3.05, 3.63) is 11.7 Å². The molecule has 0 radical (unpaired) electrons. The zero-order chi connectivity index (χ0) is 16.3. The van der Waals surface area contributed by atoms with Gasteiger partial charge in [0.05, 0.1) is 12.6 Å². The van der Waals surface area contributed by atoms with Gasteiger partial charge in [-0.3, -0.25) is 4.99 Å². The lowest BCUT2D eigenvalue weighted by atomic mass is 9.60. The quantitative estimate of drug-likeness (QED) is 0.635. The van der Waals surface area contributed by atoms with E-state index in [2.05, 4.69) is 32.7 Å². The van der Waals surface area contributed by atoms with Gasteiger partial charge in [0, 0.05) is 32.0 Å². The van der Waals surface area contributed by atoms with E-state index in [-0.39, 0.29) is 5.41 Å². The third-order valence-electron chi connectivity index (χ3n) is 5.21. The Labute approximate surface area is 137 Å². The molecule has 1 aromatic heterocycles. The maximum Gasteiger partial charge on any atom is 0.223 e. The van der Waals surface area contributed by atoms with Gasteiger partial charge in [0.25, 0.3) is 0 Å². The minimum absolute atomic E-state index is 0.288. The van der Waals surface area contributed by atoms with Crippen molar-refractivity contribution in [3.8, 4) is 0 Å². The normalized spacial score (nSPS) is 26.3. The molecule has 128 valence electrons. The largest absolute Gasteiger partial charge is 0.378 e. The van der Waals surface area contributed by atoms with Gasteiger partial charge < -0.3 is 19.9 Å². The van der Waals surface area contributed by atoms with Gasteiger partial charge in [0.15, 0.2) is 11.8 Å². The number of hydrogen-bond acceptors (Lipinski definition) is 5. The molecule has 2 unspecified atom stereocenters. The van der Waals surface area contributed by atoms with Gasteiger partial charge in [0.1, 0.15) is 0 Å². The molecule has 2 aliphatic carbocycles. The molecule has 1 heterocycles. The molecule has 2 aliphatic rings. The predicted molar refractivity (Wildman–Crippen MR) is 87.1 cm³/mol. The van der Waals surface area contributed by atoms with Crippen LogP contribution in [0.1, 0.15) is 50.7 Å². The van der Waals surface area contributed by atoms with Crippen LogP contribution >= 0.6 is 0 Å². The lowest BCUT2D eigenvalue weighted by molar-refractivity contribution is -0.125. The molecule has 1 spiro atoms. The highest BCUT2D eigenvalue weighted by molar-refractivity contribution is 5.80. The second-order valence-corrected chi connectivity index (χ2v) is 6.47. The fourth-order valence-electron chi connectivity index (χ4n) is 4.02. The van der Waals surface area contributed by atoms with Crippen LogP contribution < -0.4 is 10.6 Å². The summed E-state index contributed by atoms with van der Waals surface area (Å²) < 4.78 is 10.9. The molecule has 0 aromatic carbocycles. The van der Waals surface area contributed by atoms with Crippen LogP contribution in [0.5, 0.6) is 0 Å². The minimum Gasteiger partial charge on any atom is -0.378 e. The van der Waals surface area contributed by atoms with E-state index in [4.69, 9.17) is 9.26 Å². The van der Waals surface area contributed by atoms with Crippen LogP contribution in [0.3, 0.4) is 0 Å². The van der Waals surface area contributed by atoms with E-state index in [1.165, 1.54) is 25.7 Å². The Morgan fingerprint density at radius 3 is 2.83 bits per heavy atom. The molecule has 0 saturated heterocycles. The molecule has 2 N–H and O–H groups in total. The Morgan fingerprint density at radius 2 is 2.22 bits per heavy atom. The van der Waals surface area contributed by atoms with Gasteiger partial charge in [0.2, 0.25) is 5.89 Å². The fraction of sp³-hybridized carbons (Fsp3) is 0.812. The van der Waals surface area contributed by atoms with E-state index in [0.717, 1.165) is 19.0 Å². The van der Waals surface area contributed by atoms with E-state index < -0.39 is 0 Å². The van der Waals surface area contributed by atoms with E-state index in [1.54, 1.807) is 14.0 Å². The topological polar surface area (TPSA) is 84.6 Å². The molecule has 2 saturated carbocycles. The van der Waals surface area contributed by atoms with Gasteiger partial charge in [-0.1, -0.05) is 18.0 Å². The maximum atomic E-state index is 5.96. The highest BCUT2D eigenvalue weighted by Crippen LogP contribution is 2.54. The summed E-state index contributed by atoms with van der Waals surface area (Å²) in [7, 11) is 1.79. The SMILES string of the molecule is CCOC1CC(NC(=NC)NCc2noc(C)n2)C12CCCC2. The summed E-state index contributed by atoms with van der Waals surface area (Å²) in [6.45, 7) is 5.17. The first-order valence-corrected chi connectivity index (χ1v) is 8.56. The van der Waals surface area contributed by atoms with Crippen molar-refractivity contribution in [2.75, 3.05) is 13.7 Å². The summed E-state index contributed by atoms with van der Waals surface area (Å²) >= 11 is 0. The standard InChI is InChI=1S/C16H27N5O2/c1-4-22-13-9-12(16(13)7-5-6-8-16)20-15(17-3)18-10-14-19-11(2)23-21-14/h12-13H,4-10H2,1-3H3,(H2,17,18,20). The minimum atomic E-state index is 0.288.